The average Bonchev–Trinajstić information content (AvgIpc) is 2.81. The van der Waals surface area contributed by atoms with E-state index in [-0.39, 0.29) is 5.91 Å². The van der Waals surface area contributed by atoms with Crippen LogP contribution in [0.3, 0.4) is 0 Å². The Morgan fingerprint density at radius 1 is 1.38 bits per heavy atom. The predicted octanol–water partition coefficient (Wildman–Crippen LogP) is 2.14. The van der Waals surface area contributed by atoms with Crippen molar-refractivity contribution in [2.24, 2.45) is 0 Å². The van der Waals surface area contributed by atoms with Gasteiger partial charge in [-0.15, -0.1) is 0 Å². The van der Waals surface area contributed by atoms with E-state index in [0.717, 1.165) is 28.3 Å². The Morgan fingerprint density at radius 3 is 3.00 bits per heavy atom. The first-order valence-electron chi connectivity index (χ1n) is 5.09. The Bertz CT molecular complexity index is 572. The molecular weight excluding hydrogens is 204 g/mol. The monoisotopic (exact) mass is 214 g/mol. The molecular formula is C12H10N2O2. The molecule has 0 fully saturated rings. The van der Waals surface area contributed by atoms with Crippen molar-refractivity contribution in [1.29, 1.82) is 0 Å². The van der Waals surface area contributed by atoms with E-state index in [9.17, 15) is 4.79 Å². The van der Waals surface area contributed by atoms with Crippen molar-refractivity contribution in [2.75, 3.05) is 5.32 Å². The van der Waals surface area contributed by atoms with E-state index in [1.807, 2.05) is 31.2 Å². The second-order valence-corrected chi connectivity index (χ2v) is 3.93. The van der Waals surface area contributed by atoms with Crippen LogP contribution < -0.4 is 5.32 Å². The summed E-state index contributed by atoms with van der Waals surface area (Å²) in [5.74, 6) is 0.778. The molecule has 1 N–H and O–H groups in total. The maximum Gasteiger partial charge on any atom is 0.228 e. The van der Waals surface area contributed by atoms with Gasteiger partial charge in [-0.3, -0.25) is 4.79 Å². The van der Waals surface area contributed by atoms with Gasteiger partial charge in [0.2, 0.25) is 5.91 Å². The van der Waals surface area contributed by atoms with Crippen molar-refractivity contribution in [1.82, 2.24) is 5.16 Å². The standard InChI is InChI=1S/C12H10N2O2/c1-7-4-11(16-14-7)8-2-3-10-9(5-8)6-12(15)13-10/h2-5H,6H2,1H3,(H,13,15). The highest BCUT2D eigenvalue weighted by Gasteiger charge is 2.18. The number of hydrogen-bond acceptors (Lipinski definition) is 3. The summed E-state index contributed by atoms with van der Waals surface area (Å²) in [5.41, 5.74) is 3.71. The number of rotatable bonds is 1. The predicted molar refractivity (Wildman–Crippen MR) is 59.0 cm³/mol. The molecule has 80 valence electrons. The smallest absolute Gasteiger partial charge is 0.228 e. The van der Waals surface area contributed by atoms with Crippen LogP contribution >= 0.6 is 0 Å². The Balaban J connectivity index is 2.05. The molecule has 3 rings (SSSR count). The second kappa shape index (κ2) is 3.20. The number of hydrogen-bond donors (Lipinski definition) is 1. The normalized spacial score (nSPS) is 13.7. The SMILES string of the molecule is Cc1cc(-c2ccc3c(c2)CC(=O)N3)on1. The van der Waals surface area contributed by atoms with Gasteiger partial charge in [-0.05, 0) is 30.7 Å². The minimum atomic E-state index is 0.0425. The van der Waals surface area contributed by atoms with Gasteiger partial charge in [0, 0.05) is 17.3 Å². The maximum absolute atomic E-state index is 11.2. The third-order valence-electron chi connectivity index (χ3n) is 2.64. The summed E-state index contributed by atoms with van der Waals surface area (Å²) in [6.07, 6.45) is 0.441. The van der Waals surface area contributed by atoms with Crippen LogP contribution in [0.25, 0.3) is 11.3 Å². The first-order chi connectivity index (χ1) is 7.72. The van der Waals surface area contributed by atoms with Gasteiger partial charge < -0.3 is 9.84 Å². The fourth-order valence-electron chi connectivity index (χ4n) is 1.88. The second-order valence-electron chi connectivity index (χ2n) is 3.93. The number of carbonyl (C=O) groups is 1. The Hall–Kier alpha value is -2.10. The molecule has 1 aliphatic heterocycles. The molecule has 4 heteroatoms. The van der Waals surface area contributed by atoms with Crippen LogP contribution in [0.4, 0.5) is 5.69 Å². The average molecular weight is 214 g/mol. The molecule has 0 atom stereocenters. The molecule has 1 amide bonds. The molecule has 0 bridgehead atoms. The lowest BCUT2D eigenvalue weighted by molar-refractivity contribution is -0.115. The number of aryl methyl sites for hydroxylation is 1. The minimum absolute atomic E-state index is 0.0425. The van der Waals surface area contributed by atoms with Crippen molar-refractivity contribution in [3.05, 3.63) is 35.5 Å². The molecule has 1 aromatic heterocycles. The van der Waals surface area contributed by atoms with E-state index < -0.39 is 0 Å². The highest BCUT2D eigenvalue weighted by Crippen LogP contribution is 2.29. The van der Waals surface area contributed by atoms with Crippen LogP contribution in [0.1, 0.15) is 11.3 Å². The van der Waals surface area contributed by atoms with E-state index in [0.29, 0.717) is 6.42 Å². The molecule has 1 aromatic carbocycles. The van der Waals surface area contributed by atoms with Gasteiger partial charge in [0.25, 0.3) is 0 Å². The topological polar surface area (TPSA) is 55.1 Å². The molecule has 0 spiro atoms. The summed E-state index contributed by atoms with van der Waals surface area (Å²) >= 11 is 0. The number of nitrogens with zero attached hydrogens (tertiary/aromatic N) is 1. The van der Waals surface area contributed by atoms with Crippen molar-refractivity contribution in [3.8, 4) is 11.3 Å². The highest BCUT2D eigenvalue weighted by molar-refractivity contribution is 5.99. The zero-order valence-corrected chi connectivity index (χ0v) is 8.78. The molecule has 0 saturated heterocycles. The van der Waals surface area contributed by atoms with Gasteiger partial charge in [0.1, 0.15) is 0 Å². The number of fused-ring (bicyclic) bond motifs is 1. The van der Waals surface area contributed by atoms with E-state index in [1.165, 1.54) is 0 Å². The molecule has 1 aliphatic rings. The van der Waals surface area contributed by atoms with E-state index in [1.54, 1.807) is 0 Å². The first kappa shape index (κ1) is 9.15. The van der Waals surface area contributed by atoms with E-state index >= 15 is 0 Å². The van der Waals surface area contributed by atoms with Gasteiger partial charge in [-0.1, -0.05) is 5.16 Å². The molecule has 16 heavy (non-hydrogen) atoms. The number of carbonyl (C=O) groups excluding carboxylic acids is 1. The molecule has 2 heterocycles. The summed E-state index contributed by atoms with van der Waals surface area (Å²) < 4.78 is 5.18. The highest BCUT2D eigenvalue weighted by atomic mass is 16.5. The van der Waals surface area contributed by atoms with Crippen LogP contribution in [-0.4, -0.2) is 11.1 Å². The van der Waals surface area contributed by atoms with E-state index in [4.69, 9.17) is 4.52 Å². The van der Waals surface area contributed by atoms with Crippen LogP contribution in [0.2, 0.25) is 0 Å². The van der Waals surface area contributed by atoms with Crippen LogP contribution in [0.5, 0.6) is 0 Å². The van der Waals surface area contributed by atoms with Crippen molar-refractivity contribution in [3.63, 3.8) is 0 Å². The largest absolute Gasteiger partial charge is 0.356 e. The maximum atomic E-state index is 11.2. The summed E-state index contributed by atoms with van der Waals surface area (Å²) in [6.45, 7) is 1.88. The number of benzene rings is 1. The summed E-state index contributed by atoms with van der Waals surface area (Å²) in [6, 6.07) is 7.66. The lowest BCUT2D eigenvalue weighted by Gasteiger charge is -2.00. The fraction of sp³-hybridized carbons (Fsp3) is 0.167. The molecule has 2 aromatic rings. The molecule has 4 nitrogen and oxygen atoms in total. The summed E-state index contributed by atoms with van der Waals surface area (Å²) in [7, 11) is 0. The lowest BCUT2D eigenvalue weighted by atomic mass is 10.1. The number of aromatic nitrogens is 1. The van der Waals surface area contributed by atoms with Crippen molar-refractivity contribution < 1.29 is 9.32 Å². The van der Waals surface area contributed by atoms with Crippen LogP contribution in [0.15, 0.2) is 28.8 Å². The summed E-state index contributed by atoms with van der Waals surface area (Å²) in [5, 5.41) is 6.64. The Kier molecular flexibility index (Phi) is 1.83. The number of amides is 1. The number of anilines is 1. The van der Waals surface area contributed by atoms with Gasteiger partial charge >= 0.3 is 0 Å². The Morgan fingerprint density at radius 2 is 2.25 bits per heavy atom. The quantitative estimate of drug-likeness (QED) is 0.791. The van der Waals surface area contributed by atoms with Gasteiger partial charge in [-0.2, -0.15) is 0 Å². The van der Waals surface area contributed by atoms with Crippen LogP contribution in [-0.2, 0) is 11.2 Å². The zero-order valence-electron chi connectivity index (χ0n) is 8.78. The van der Waals surface area contributed by atoms with Crippen molar-refractivity contribution in [2.45, 2.75) is 13.3 Å². The first-order valence-corrected chi connectivity index (χ1v) is 5.09. The molecule has 0 radical (unpaired) electrons. The van der Waals surface area contributed by atoms with Gasteiger partial charge in [-0.25, -0.2) is 0 Å². The lowest BCUT2D eigenvalue weighted by Crippen LogP contribution is -2.03. The minimum Gasteiger partial charge on any atom is -0.356 e. The third-order valence-corrected chi connectivity index (χ3v) is 2.64. The fourth-order valence-corrected chi connectivity index (χ4v) is 1.88. The van der Waals surface area contributed by atoms with Crippen LogP contribution in [0, 0.1) is 6.92 Å². The molecule has 0 unspecified atom stereocenters. The van der Waals surface area contributed by atoms with E-state index in [2.05, 4.69) is 10.5 Å². The van der Waals surface area contributed by atoms with Gasteiger partial charge in [0.05, 0.1) is 12.1 Å². The zero-order chi connectivity index (χ0) is 11.1. The van der Waals surface area contributed by atoms with Gasteiger partial charge in [0.15, 0.2) is 5.76 Å². The third kappa shape index (κ3) is 1.39. The molecule has 0 saturated carbocycles. The summed E-state index contributed by atoms with van der Waals surface area (Å²) in [4.78, 5) is 11.2. The molecule has 0 aliphatic carbocycles. The number of nitrogens with one attached hydrogen (secondary N) is 1. The Labute approximate surface area is 92.3 Å². The van der Waals surface area contributed by atoms with Crippen molar-refractivity contribution >= 4 is 11.6 Å².